The Morgan fingerprint density at radius 2 is 1.78 bits per heavy atom. The molecule has 5 heteroatoms. The van der Waals surface area contributed by atoms with Crippen LogP contribution in [0.4, 0.5) is 0 Å². The van der Waals surface area contributed by atoms with E-state index in [1.807, 2.05) is 48.5 Å². The number of para-hydroxylation sites is 1. The number of hydrogen-bond acceptors (Lipinski definition) is 4. The molecule has 18 heavy (non-hydrogen) atoms. The van der Waals surface area contributed by atoms with Gasteiger partial charge in [-0.15, -0.1) is 0 Å². The van der Waals surface area contributed by atoms with Gasteiger partial charge < -0.3 is 4.52 Å². The molecule has 1 aromatic carbocycles. The predicted molar refractivity (Wildman–Crippen MR) is 69.9 cm³/mol. The molecule has 4 nitrogen and oxygen atoms in total. The largest absolute Gasteiger partial charge is 0.323 e. The molecule has 3 aromatic rings. The smallest absolute Gasteiger partial charge is 0.302 e. The Hall–Kier alpha value is -2.27. The highest BCUT2D eigenvalue weighted by atomic mass is 32.1. The average Bonchev–Trinajstić information content (AvgIpc) is 2.83. The van der Waals surface area contributed by atoms with Crippen LogP contribution in [0, 0.1) is 4.84 Å². The SMILES string of the molecule is S=c1onc(-c2ccccn2)n1-c1ccccc1. The van der Waals surface area contributed by atoms with Crippen molar-refractivity contribution in [2.75, 3.05) is 0 Å². The summed E-state index contributed by atoms with van der Waals surface area (Å²) in [6.45, 7) is 0. The van der Waals surface area contributed by atoms with Gasteiger partial charge in [0.25, 0.3) is 0 Å². The van der Waals surface area contributed by atoms with Crippen LogP contribution in [-0.2, 0) is 0 Å². The van der Waals surface area contributed by atoms with Gasteiger partial charge in [-0.2, -0.15) is 0 Å². The Bertz CT molecular complexity index is 704. The molecular weight excluding hydrogens is 246 g/mol. The summed E-state index contributed by atoms with van der Waals surface area (Å²) >= 11 is 5.16. The maximum atomic E-state index is 5.16. The molecule has 0 bridgehead atoms. The van der Waals surface area contributed by atoms with Gasteiger partial charge in [0, 0.05) is 6.20 Å². The minimum absolute atomic E-state index is 0.307. The van der Waals surface area contributed by atoms with Gasteiger partial charge in [0.2, 0.25) is 5.82 Å². The summed E-state index contributed by atoms with van der Waals surface area (Å²) < 4.78 is 6.85. The van der Waals surface area contributed by atoms with Crippen LogP contribution in [0.3, 0.4) is 0 Å². The van der Waals surface area contributed by atoms with Crippen molar-refractivity contribution < 1.29 is 4.52 Å². The molecule has 2 aromatic heterocycles. The van der Waals surface area contributed by atoms with Crippen molar-refractivity contribution in [3.8, 4) is 17.2 Å². The molecule has 0 fully saturated rings. The molecule has 2 heterocycles. The molecule has 0 unspecified atom stereocenters. The second kappa shape index (κ2) is 4.54. The molecule has 0 saturated heterocycles. The predicted octanol–water partition coefficient (Wildman–Crippen LogP) is 3.26. The zero-order valence-corrected chi connectivity index (χ0v) is 10.2. The third kappa shape index (κ3) is 1.84. The molecule has 3 rings (SSSR count). The Morgan fingerprint density at radius 3 is 2.50 bits per heavy atom. The highest BCUT2D eigenvalue weighted by Crippen LogP contribution is 2.20. The van der Waals surface area contributed by atoms with Gasteiger partial charge in [-0.3, -0.25) is 4.98 Å². The van der Waals surface area contributed by atoms with E-state index in [1.54, 1.807) is 10.8 Å². The molecule has 0 saturated carbocycles. The normalized spacial score (nSPS) is 10.4. The van der Waals surface area contributed by atoms with Gasteiger partial charge in [-0.05, 0) is 36.5 Å². The fourth-order valence-corrected chi connectivity index (χ4v) is 1.94. The zero-order chi connectivity index (χ0) is 12.4. The van der Waals surface area contributed by atoms with E-state index in [-0.39, 0.29) is 0 Å². The summed E-state index contributed by atoms with van der Waals surface area (Å²) in [6, 6.07) is 15.3. The third-order valence-corrected chi connectivity index (χ3v) is 2.77. The molecule has 0 amide bonds. The van der Waals surface area contributed by atoms with Crippen LogP contribution in [-0.4, -0.2) is 14.7 Å². The number of nitrogens with zero attached hydrogens (tertiary/aromatic N) is 3. The van der Waals surface area contributed by atoms with Gasteiger partial charge in [-0.1, -0.05) is 29.4 Å². The second-order valence-corrected chi connectivity index (χ2v) is 4.01. The number of hydrogen-bond donors (Lipinski definition) is 0. The fourth-order valence-electron chi connectivity index (χ4n) is 1.71. The van der Waals surface area contributed by atoms with Crippen molar-refractivity contribution in [1.82, 2.24) is 14.7 Å². The lowest BCUT2D eigenvalue weighted by molar-refractivity contribution is 0.403. The van der Waals surface area contributed by atoms with Gasteiger partial charge in [0.15, 0.2) is 0 Å². The molecule has 0 N–H and O–H groups in total. The molecule has 0 spiro atoms. The highest BCUT2D eigenvalue weighted by Gasteiger charge is 2.12. The minimum Gasteiger partial charge on any atom is -0.323 e. The standard InChI is InChI=1S/C13H9N3OS/c18-13-16(10-6-2-1-3-7-10)12(15-17-13)11-8-4-5-9-14-11/h1-9H. The van der Waals surface area contributed by atoms with E-state index in [2.05, 4.69) is 10.1 Å². The lowest BCUT2D eigenvalue weighted by Crippen LogP contribution is -1.98. The summed E-state index contributed by atoms with van der Waals surface area (Å²) in [5, 5.41) is 3.98. The van der Waals surface area contributed by atoms with E-state index in [0.29, 0.717) is 10.7 Å². The summed E-state index contributed by atoms with van der Waals surface area (Å²) in [7, 11) is 0. The van der Waals surface area contributed by atoms with Gasteiger partial charge in [-0.25, -0.2) is 4.57 Å². The Labute approximate surface area is 109 Å². The first-order chi connectivity index (χ1) is 8.86. The van der Waals surface area contributed by atoms with E-state index >= 15 is 0 Å². The monoisotopic (exact) mass is 255 g/mol. The van der Waals surface area contributed by atoms with E-state index < -0.39 is 0 Å². The molecule has 0 atom stereocenters. The van der Waals surface area contributed by atoms with Gasteiger partial charge in [0.05, 0.1) is 5.69 Å². The lowest BCUT2D eigenvalue weighted by atomic mass is 10.3. The van der Waals surface area contributed by atoms with Crippen molar-refractivity contribution in [2.24, 2.45) is 0 Å². The van der Waals surface area contributed by atoms with Crippen LogP contribution in [0.15, 0.2) is 59.3 Å². The van der Waals surface area contributed by atoms with E-state index in [0.717, 1.165) is 11.4 Å². The van der Waals surface area contributed by atoms with Crippen LogP contribution in [0.1, 0.15) is 0 Å². The zero-order valence-electron chi connectivity index (χ0n) is 9.35. The molecule has 0 aliphatic rings. The molecule has 0 aliphatic heterocycles. The van der Waals surface area contributed by atoms with Crippen LogP contribution >= 0.6 is 12.2 Å². The van der Waals surface area contributed by atoms with Crippen LogP contribution < -0.4 is 0 Å². The van der Waals surface area contributed by atoms with Crippen molar-refractivity contribution in [3.05, 3.63) is 59.6 Å². The molecule has 0 aliphatic carbocycles. The van der Waals surface area contributed by atoms with E-state index in [1.165, 1.54) is 0 Å². The topological polar surface area (TPSA) is 43.9 Å². The van der Waals surface area contributed by atoms with Crippen molar-refractivity contribution in [3.63, 3.8) is 0 Å². The molecular formula is C13H9N3OS. The van der Waals surface area contributed by atoms with Gasteiger partial charge in [0.1, 0.15) is 5.69 Å². The second-order valence-electron chi connectivity index (χ2n) is 3.66. The van der Waals surface area contributed by atoms with Crippen molar-refractivity contribution in [2.45, 2.75) is 0 Å². The highest BCUT2D eigenvalue weighted by molar-refractivity contribution is 7.71. The fraction of sp³-hybridized carbons (Fsp3) is 0. The summed E-state index contributed by atoms with van der Waals surface area (Å²) in [5.41, 5.74) is 1.63. The Morgan fingerprint density at radius 1 is 1.00 bits per heavy atom. The third-order valence-electron chi connectivity index (χ3n) is 2.51. The maximum absolute atomic E-state index is 5.16. The van der Waals surface area contributed by atoms with Crippen LogP contribution in [0.25, 0.3) is 17.2 Å². The lowest BCUT2D eigenvalue weighted by Gasteiger charge is -2.04. The number of benzene rings is 1. The van der Waals surface area contributed by atoms with Crippen molar-refractivity contribution in [1.29, 1.82) is 0 Å². The minimum atomic E-state index is 0.307. The van der Waals surface area contributed by atoms with E-state index in [4.69, 9.17) is 16.7 Å². The van der Waals surface area contributed by atoms with E-state index in [9.17, 15) is 0 Å². The maximum Gasteiger partial charge on any atom is 0.302 e. The summed E-state index contributed by atoms with van der Waals surface area (Å²) in [6.07, 6.45) is 1.71. The first-order valence-corrected chi connectivity index (χ1v) is 5.82. The molecule has 0 radical (unpaired) electrons. The average molecular weight is 255 g/mol. The molecule has 88 valence electrons. The van der Waals surface area contributed by atoms with Crippen LogP contribution in [0.5, 0.6) is 0 Å². The Balaban J connectivity index is 2.23. The number of aromatic nitrogens is 3. The first-order valence-electron chi connectivity index (χ1n) is 5.42. The first kappa shape index (κ1) is 10.9. The number of rotatable bonds is 2. The number of pyridine rings is 1. The van der Waals surface area contributed by atoms with Crippen LogP contribution in [0.2, 0.25) is 0 Å². The quantitative estimate of drug-likeness (QED) is 0.659. The summed E-state index contributed by atoms with van der Waals surface area (Å²) in [5.74, 6) is 0.604. The summed E-state index contributed by atoms with van der Waals surface area (Å²) in [4.78, 5) is 4.57. The Kier molecular flexibility index (Phi) is 2.74. The van der Waals surface area contributed by atoms with Crippen molar-refractivity contribution >= 4 is 12.2 Å². The van der Waals surface area contributed by atoms with Gasteiger partial charge >= 0.3 is 4.84 Å².